The lowest BCUT2D eigenvalue weighted by molar-refractivity contribution is -0.144. The molecule has 2 heteroatoms. The summed E-state index contributed by atoms with van der Waals surface area (Å²) < 4.78 is 5.53. The predicted octanol–water partition coefficient (Wildman–Crippen LogP) is 3.32. The second-order valence-electron chi connectivity index (χ2n) is 6.46. The van der Waals surface area contributed by atoms with E-state index in [2.05, 4.69) is 19.9 Å². The molecule has 94 valence electrons. The Hall–Kier alpha value is -0.790. The summed E-state index contributed by atoms with van der Waals surface area (Å²) in [5.41, 5.74) is 1.88. The first kappa shape index (κ1) is 11.3. The maximum Gasteiger partial charge on any atom is 0.309 e. The molecule has 0 aromatic carbocycles. The number of allylic oxidation sites excluding steroid dienone is 1. The molecule has 0 spiro atoms. The first-order chi connectivity index (χ1) is 8.02. The molecule has 2 fully saturated rings. The Morgan fingerprint density at radius 1 is 1.41 bits per heavy atom. The average Bonchev–Trinajstić information content (AvgIpc) is 2.55. The summed E-state index contributed by atoms with van der Waals surface area (Å²) in [4.78, 5) is 11.7. The van der Waals surface area contributed by atoms with Gasteiger partial charge in [0.2, 0.25) is 0 Å². The summed E-state index contributed by atoms with van der Waals surface area (Å²) >= 11 is 0. The van der Waals surface area contributed by atoms with Gasteiger partial charge in [-0.15, -0.1) is 0 Å². The Bertz CT molecular complexity index is 384. The summed E-state index contributed by atoms with van der Waals surface area (Å²) in [5.74, 6) is 1.32. The second-order valence-corrected chi connectivity index (χ2v) is 6.46. The number of hydrogen-bond donors (Lipinski definition) is 0. The van der Waals surface area contributed by atoms with Crippen LogP contribution in [-0.4, -0.2) is 12.1 Å². The number of rotatable bonds is 0. The minimum Gasteiger partial charge on any atom is -0.461 e. The summed E-state index contributed by atoms with van der Waals surface area (Å²) in [6, 6.07) is 0. The highest BCUT2D eigenvalue weighted by Crippen LogP contribution is 2.55. The van der Waals surface area contributed by atoms with Crippen LogP contribution in [0.15, 0.2) is 11.6 Å². The standard InChI is InChI=1S/C15H22O2/c1-9-5-4-6-11-7-13-12(8-15(9,11)3)10(2)14(16)17-13/h6,9-10,12-13H,4-5,7-8H2,1-3H3/t9-,10+,12+,13+,15+/m0/s1. The maximum absolute atomic E-state index is 11.7. The number of carbonyl (C=O) groups excluding carboxylic acids is 1. The molecule has 0 aromatic heterocycles. The van der Waals surface area contributed by atoms with Crippen molar-refractivity contribution >= 4 is 5.97 Å². The van der Waals surface area contributed by atoms with Gasteiger partial charge >= 0.3 is 5.97 Å². The lowest BCUT2D eigenvalue weighted by Crippen LogP contribution is -2.41. The van der Waals surface area contributed by atoms with E-state index < -0.39 is 0 Å². The molecule has 1 saturated heterocycles. The molecule has 17 heavy (non-hydrogen) atoms. The molecule has 0 unspecified atom stereocenters. The van der Waals surface area contributed by atoms with Crippen molar-refractivity contribution in [3.05, 3.63) is 11.6 Å². The zero-order chi connectivity index (χ0) is 12.2. The van der Waals surface area contributed by atoms with Gasteiger partial charge in [-0.2, -0.15) is 0 Å². The van der Waals surface area contributed by atoms with E-state index in [0.29, 0.717) is 11.3 Å². The molecule has 3 rings (SSSR count). The molecule has 0 N–H and O–H groups in total. The van der Waals surface area contributed by atoms with Crippen molar-refractivity contribution in [3.8, 4) is 0 Å². The van der Waals surface area contributed by atoms with Crippen molar-refractivity contribution in [1.82, 2.24) is 0 Å². The Morgan fingerprint density at radius 3 is 2.94 bits per heavy atom. The molecule has 0 bridgehead atoms. The highest BCUT2D eigenvalue weighted by atomic mass is 16.6. The smallest absolute Gasteiger partial charge is 0.309 e. The molecule has 1 heterocycles. The van der Waals surface area contributed by atoms with E-state index in [4.69, 9.17) is 4.74 Å². The number of esters is 1. The van der Waals surface area contributed by atoms with Gasteiger partial charge in [0.1, 0.15) is 6.10 Å². The molecular formula is C15H22O2. The van der Waals surface area contributed by atoms with Crippen LogP contribution in [0.2, 0.25) is 0 Å². The van der Waals surface area contributed by atoms with Crippen molar-refractivity contribution in [2.45, 2.75) is 52.6 Å². The molecular weight excluding hydrogens is 212 g/mol. The van der Waals surface area contributed by atoms with E-state index in [1.807, 2.05) is 6.92 Å². The quantitative estimate of drug-likeness (QED) is 0.475. The highest BCUT2D eigenvalue weighted by Gasteiger charge is 2.52. The van der Waals surface area contributed by atoms with Gasteiger partial charge in [0.05, 0.1) is 5.92 Å². The fourth-order valence-corrected chi connectivity index (χ4v) is 4.07. The van der Waals surface area contributed by atoms with E-state index >= 15 is 0 Å². The van der Waals surface area contributed by atoms with Crippen molar-refractivity contribution in [3.63, 3.8) is 0 Å². The van der Waals surface area contributed by atoms with Crippen LogP contribution >= 0.6 is 0 Å². The third-order valence-electron chi connectivity index (χ3n) is 5.65. The van der Waals surface area contributed by atoms with Crippen LogP contribution in [0.1, 0.15) is 46.5 Å². The Balaban J connectivity index is 1.93. The van der Waals surface area contributed by atoms with Gasteiger partial charge in [0.25, 0.3) is 0 Å². The van der Waals surface area contributed by atoms with E-state index in [1.54, 1.807) is 5.57 Å². The molecule has 0 aromatic rings. The van der Waals surface area contributed by atoms with E-state index in [-0.39, 0.29) is 18.0 Å². The van der Waals surface area contributed by atoms with E-state index in [1.165, 1.54) is 12.8 Å². The summed E-state index contributed by atoms with van der Waals surface area (Å²) in [7, 11) is 0. The zero-order valence-corrected chi connectivity index (χ0v) is 11.0. The molecule has 5 atom stereocenters. The summed E-state index contributed by atoms with van der Waals surface area (Å²) in [6.45, 7) is 6.81. The maximum atomic E-state index is 11.7. The second kappa shape index (κ2) is 3.60. The van der Waals surface area contributed by atoms with Gasteiger partial charge in [-0.3, -0.25) is 4.79 Å². The number of carbonyl (C=O) groups is 1. The molecule has 0 amide bonds. The van der Waals surface area contributed by atoms with Gasteiger partial charge < -0.3 is 4.74 Å². The summed E-state index contributed by atoms with van der Waals surface area (Å²) in [5, 5.41) is 0. The minimum atomic E-state index is 0.0236. The van der Waals surface area contributed by atoms with Gasteiger partial charge in [-0.05, 0) is 30.6 Å². The molecule has 3 aliphatic rings. The van der Waals surface area contributed by atoms with Crippen LogP contribution in [0.25, 0.3) is 0 Å². The van der Waals surface area contributed by atoms with Gasteiger partial charge in [0.15, 0.2) is 0 Å². The lowest BCUT2D eigenvalue weighted by Gasteiger charge is -2.48. The number of ether oxygens (including phenoxy) is 1. The van der Waals surface area contributed by atoms with Gasteiger partial charge in [0, 0.05) is 12.3 Å². The highest BCUT2D eigenvalue weighted by molar-refractivity contribution is 5.75. The van der Waals surface area contributed by atoms with Crippen LogP contribution in [0, 0.1) is 23.2 Å². The van der Waals surface area contributed by atoms with Crippen molar-refractivity contribution in [2.24, 2.45) is 23.2 Å². The van der Waals surface area contributed by atoms with Crippen LogP contribution in [-0.2, 0) is 9.53 Å². The van der Waals surface area contributed by atoms with Crippen LogP contribution in [0.4, 0.5) is 0 Å². The monoisotopic (exact) mass is 234 g/mol. The molecule has 2 nitrogen and oxygen atoms in total. The van der Waals surface area contributed by atoms with Crippen LogP contribution in [0.3, 0.4) is 0 Å². The molecule has 0 radical (unpaired) electrons. The Morgan fingerprint density at radius 2 is 2.18 bits per heavy atom. The van der Waals surface area contributed by atoms with Crippen LogP contribution in [0.5, 0.6) is 0 Å². The van der Waals surface area contributed by atoms with E-state index in [0.717, 1.165) is 18.8 Å². The Labute approximate surface area is 103 Å². The number of hydrogen-bond acceptors (Lipinski definition) is 2. The SMILES string of the molecule is C[C@H]1C(=O)O[C@@H]2CC3=CCC[C@H](C)[C@@]3(C)C[C@@H]21. The molecule has 1 aliphatic heterocycles. The topological polar surface area (TPSA) is 26.3 Å². The Kier molecular flexibility index (Phi) is 2.39. The third kappa shape index (κ3) is 1.49. The van der Waals surface area contributed by atoms with Crippen LogP contribution < -0.4 is 0 Å². The van der Waals surface area contributed by atoms with Crippen molar-refractivity contribution in [2.75, 3.05) is 0 Å². The fourth-order valence-electron chi connectivity index (χ4n) is 4.07. The minimum absolute atomic E-state index is 0.0236. The first-order valence-corrected chi connectivity index (χ1v) is 6.92. The zero-order valence-electron chi connectivity index (χ0n) is 11.0. The van der Waals surface area contributed by atoms with Crippen molar-refractivity contribution < 1.29 is 9.53 Å². The normalized spacial score (nSPS) is 49.1. The predicted molar refractivity (Wildman–Crippen MR) is 66.4 cm³/mol. The molecule has 2 aliphatic carbocycles. The number of fused-ring (bicyclic) bond motifs is 2. The fraction of sp³-hybridized carbons (Fsp3) is 0.800. The average molecular weight is 234 g/mol. The summed E-state index contributed by atoms with van der Waals surface area (Å²) in [6.07, 6.45) is 7.20. The third-order valence-corrected chi connectivity index (χ3v) is 5.65. The van der Waals surface area contributed by atoms with Gasteiger partial charge in [-0.25, -0.2) is 0 Å². The van der Waals surface area contributed by atoms with E-state index in [9.17, 15) is 4.79 Å². The first-order valence-electron chi connectivity index (χ1n) is 6.92. The lowest BCUT2D eigenvalue weighted by atomic mass is 9.57. The van der Waals surface area contributed by atoms with Crippen molar-refractivity contribution in [1.29, 1.82) is 0 Å². The van der Waals surface area contributed by atoms with Gasteiger partial charge in [-0.1, -0.05) is 32.4 Å². The molecule has 1 saturated carbocycles. The largest absolute Gasteiger partial charge is 0.461 e.